The van der Waals surface area contributed by atoms with Gasteiger partial charge in [-0.3, -0.25) is 4.68 Å². The van der Waals surface area contributed by atoms with Gasteiger partial charge in [0.25, 0.3) is 0 Å². The second kappa shape index (κ2) is 6.63. The molecule has 0 aliphatic heterocycles. The average molecular weight is 275 g/mol. The Kier molecular flexibility index (Phi) is 4.63. The highest BCUT2D eigenvalue weighted by atomic mass is 19.1. The third-order valence-corrected chi connectivity index (χ3v) is 2.69. The Morgan fingerprint density at radius 1 is 1.45 bits per heavy atom. The molecule has 104 valence electrons. The Labute approximate surface area is 115 Å². The van der Waals surface area contributed by atoms with Crippen molar-refractivity contribution in [3.63, 3.8) is 0 Å². The number of halogens is 1. The van der Waals surface area contributed by atoms with Crippen molar-refractivity contribution in [2.75, 3.05) is 11.9 Å². The summed E-state index contributed by atoms with van der Waals surface area (Å²) in [5, 5.41) is 28.1. The molecule has 2 aromatic rings. The second-order valence-electron chi connectivity index (χ2n) is 4.21. The summed E-state index contributed by atoms with van der Waals surface area (Å²) in [6.45, 7) is 1.03. The smallest absolute Gasteiger partial charge is 0.147 e. The van der Waals surface area contributed by atoms with Gasteiger partial charge < -0.3 is 10.4 Å². The summed E-state index contributed by atoms with van der Waals surface area (Å²) in [6.07, 6.45) is 2.35. The number of nitrogens with zero attached hydrogens (tertiary/aromatic N) is 4. The van der Waals surface area contributed by atoms with Gasteiger partial charge in [0.1, 0.15) is 11.5 Å². The molecule has 2 N–H and O–H groups in total. The number of aryl methyl sites for hydroxylation is 1. The van der Waals surface area contributed by atoms with Crippen LogP contribution in [-0.2, 0) is 13.1 Å². The minimum absolute atomic E-state index is 0.101. The zero-order chi connectivity index (χ0) is 14.4. The van der Waals surface area contributed by atoms with Crippen LogP contribution in [0, 0.1) is 17.1 Å². The number of aromatic nitrogens is 3. The highest BCUT2D eigenvalue weighted by Gasteiger charge is 2.05. The highest BCUT2D eigenvalue weighted by molar-refractivity contribution is 5.48. The second-order valence-corrected chi connectivity index (χ2v) is 4.21. The molecule has 7 heteroatoms. The van der Waals surface area contributed by atoms with Crippen LogP contribution in [0.2, 0.25) is 0 Å². The molecule has 0 aliphatic carbocycles. The summed E-state index contributed by atoms with van der Waals surface area (Å²) in [6, 6.07) is 6.12. The SMILES string of the molecule is N#Cc1ccc(NCc2cn(CCCO)nn2)c(F)c1. The Bertz CT molecular complexity index is 619. The first-order chi connectivity index (χ1) is 9.72. The number of nitriles is 1. The van der Waals surface area contributed by atoms with E-state index in [0.29, 0.717) is 30.9 Å². The van der Waals surface area contributed by atoms with Gasteiger partial charge in [0.15, 0.2) is 0 Å². The van der Waals surface area contributed by atoms with Gasteiger partial charge in [-0.05, 0) is 24.6 Å². The molecule has 0 radical (unpaired) electrons. The van der Waals surface area contributed by atoms with Gasteiger partial charge in [0, 0.05) is 13.2 Å². The summed E-state index contributed by atoms with van der Waals surface area (Å²) in [5.41, 5.74) is 1.27. The summed E-state index contributed by atoms with van der Waals surface area (Å²) >= 11 is 0. The van der Waals surface area contributed by atoms with Crippen molar-refractivity contribution < 1.29 is 9.50 Å². The Hall–Kier alpha value is -2.46. The molecule has 0 aliphatic rings. The van der Waals surface area contributed by atoms with Gasteiger partial charge in [0.05, 0.1) is 30.1 Å². The number of aliphatic hydroxyl groups is 1. The van der Waals surface area contributed by atoms with Crippen LogP contribution >= 0.6 is 0 Å². The summed E-state index contributed by atoms with van der Waals surface area (Å²) in [5.74, 6) is -0.475. The maximum atomic E-state index is 13.6. The Balaban J connectivity index is 1.95. The summed E-state index contributed by atoms with van der Waals surface area (Å²) in [4.78, 5) is 0. The molecule has 6 nitrogen and oxygen atoms in total. The van der Waals surface area contributed by atoms with Crippen LogP contribution in [0.3, 0.4) is 0 Å². The lowest BCUT2D eigenvalue weighted by atomic mass is 10.2. The first kappa shape index (κ1) is 14.0. The maximum Gasteiger partial charge on any atom is 0.147 e. The van der Waals surface area contributed by atoms with E-state index < -0.39 is 5.82 Å². The largest absolute Gasteiger partial charge is 0.396 e. The van der Waals surface area contributed by atoms with Crippen LogP contribution in [-0.4, -0.2) is 26.7 Å². The van der Waals surface area contributed by atoms with E-state index in [4.69, 9.17) is 10.4 Å². The van der Waals surface area contributed by atoms with E-state index in [1.807, 2.05) is 6.07 Å². The van der Waals surface area contributed by atoms with Crippen molar-refractivity contribution in [2.45, 2.75) is 19.5 Å². The molecule has 20 heavy (non-hydrogen) atoms. The molecule has 0 bridgehead atoms. The van der Waals surface area contributed by atoms with Crippen LogP contribution in [0.1, 0.15) is 17.7 Å². The van der Waals surface area contributed by atoms with Crippen molar-refractivity contribution in [3.05, 3.63) is 41.5 Å². The molecule has 0 atom stereocenters. The van der Waals surface area contributed by atoms with E-state index in [9.17, 15) is 4.39 Å². The monoisotopic (exact) mass is 275 g/mol. The molecule has 0 unspecified atom stereocenters. The molecular formula is C13H14FN5O. The fourth-order valence-electron chi connectivity index (χ4n) is 1.68. The fraction of sp³-hybridized carbons (Fsp3) is 0.308. The summed E-state index contributed by atoms with van der Waals surface area (Å²) in [7, 11) is 0. The normalized spacial score (nSPS) is 10.2. The molecule has 1 aromatic carbocycles. The first-order valence-corrected chi connectivity index (χ1v) is 6.16. The average Bonchev–Trinajstić information content (AvgIpc) is 2.91. The van der Waals surface area contributed by atoms with Crippen LogP contribution in [0.25, 0.3) is 0 Å². The van der Waals surface area contributed by atoms with Crippen molar-refractivity contribution in [1.82, 2.24) is 15.0 Å². The first-order valence-electron chi connectivity index (χ1n) is 6.16. The zero-order valence-electron chi connectivity index (χ0n) is 10.8. The molecule has 1 heterocycles. The van der Waals surface area contributed by atoms with Crippen LogP contribution in [0.4, 0.5) is 10.1 Å². The molecule has 0 saturated heterocycles. The standard InChI is InChI=1S/C13H14FN5O/c14-12-6-10(7-15)2-3-13(12)16-8-11-9-19(18-17-11)4-1-5-20/h2-3,6,9,16,20H,1,4-5,8H2. The highest BCUT2D eigenvalue weighted by Crippen LogP contribution is 2.15. The fourth-order valence-corrected chi connectivity index (χ4v) is 1.68. The quantitative estimate of drug-likeness (QED) is 0.829. The van der Waals surface area contributed by atoms with E-state index in [1.165, 1.54) is 12.1 Å². The molecule has 0 fully saturated rings. The Morgan fingerprint density at radius 3 is 3.00 bits per heavy atom. The van der Waals surface area contributed by atoms with Crippen molar-refractivity contribution >= 4 is 5.69 Å². The maximum absolute atomic E-state index is 13.6. The molecular weight excluding hydrogens is 261 g/mol. The topological polar surface area (TPSA) is 86.8 Å². The number of anilines is 1. The van der Waals surface area contributed by atoms with Gasteiger partial charge in [-0.15, -0.1) is 5.10 Å². The van der Waals surface area contributed by atoms with Crippen LogP contribution < -0.4 is 5.32 Å². The van der Waals surface area contributed by atoms with E-state index in [1.54, 1.807) is 16.9 Å². The minimum Gasteiger partial charge on any atom is -0.396 e. The Morgan fingerprint density at radius 2 is 2.30 bits per heavy atom. The number of aliphatic hydroxyl groups excluding tert-OH is 1. The number of hydrogen-bond donors (Lipinski definition) is 2. The number of nitrogens with one attached hydrogen (secondary N) is 1. The molecule has 0 amide bonds. The number of hydrogen-bond acceptors (Lipinski definition) is 5. The predicted molar refractivity (Wildman–Crippen MR) is 70.2 cm³/mol. The van der Waals surface area contributed by atoms with Crippen LogP contribution in [0.5, 0.6) is 0 Å². The lowest BCUT2D eigenvalue weighted by Crippen LogP contribution is -2.02. The van der Waals surface area contributed by atoms with Crippen molar-refractivity contribution in [2.24, 2.45) is 0 Å². The van der Waals surface area contributed by atoms with Gasteiger partial charge in [-0.25, -0.2) is 4.39 Å². The lowest BCUT2D eigenvalue weighted by Gasteiger charge is -2.05. The third-order valence-electron chi connectivity index (χ3n) is 2.69. The van der Waals surface area contributed by atoms with Crippen molar-refractivity contribution in [3.8, 4) is 6.07 Å². The molecule has 2 rings (SSSR count). The van der Waals surface area contributed by atoms with Crippen molar-refractivity contribution in [1.29, 1.82) is 5.26 Å². The van der Waals surface area contributed by atoms with Gasteiger partial charge in [-0.2, -0.15) is 5.26 Å². The zero-order valence-corrected chi connectivity index (χ0v) is 10.8. The number of rotatable bonds is 6. The molecule has 0 saturated carbocycles. The minimum atomic E-state index is -0.475. The predicted octanol–water partition coefficient (Wildman–Crippen LogP) is 1.28. The van der Waals surface area contributed by atoms with Gasteiger partial charge in [0.2, 0.25) is 0 Å². The van der Waals surface area contributed by atoms with E-state index in [0.717, 1.165) is 0 Å². The van der Waals surface area contributed by atoms with E-state index in [2.05, 4.69) is 15.6 Å². The third kappa shape index (κ3) is 3.52. The summed E-state index contributed by atoms with van der Waals surface area (Å²) < 4.78 is 15.3. The van der Waals surface area contributed by atoms with E-state index >= 15 is 0 Å². The van der Waals surface area contributed by atoms with Crippen LogP contribution in [0.15, 0.2) is 24.4 Å². The molecule has 0 spiro atoms. The van der Waals surface area contributed by atoms with Gasteiger partial charge in [-0.1, -0.05) is 5.21 Å². The van der Waals surface area contributed by atoms with Gasteiger partial charge >= 0.3 is 0 Å². The molecule has 1 aromatic heterocycles. The number of benzene rings is 1. The lowest BCUT2D eigenvalue weighted by molar-refractivity contribution is 0.276. The van der Waals surface area contributed by atoms with E-state index in [-0.39, 0.29) is 12.2 Å².